The van der Waals surface area contributed by atoms with Gasteiger partial charge in [0.2, 0.25) is 0 Å². The predicted octanol–water partition coefficient (Wildman–Crippen LogP) is 3.79. The highest BCUT2D eigenvalue weighted by atomic mass is 79.9. The van der Waals surface area contributed by atoms with E-state index in [1.54, 1.807) is 11.9 Å². The fourth-order valence-electron chi connectivity index (χ4n) is 1.67. The van der Waals surface area contributed by atoms with Gasteiger partial charge in [-0.2, -0.15) is 0 Å². The van der Waals surface area contributed by atoms with Gasteiger partial charge in [0.1, 0.15) is 0 Å². The standard InChI is InChI=1S/C13H12BrNO/c1-15(13(14)16)9-10-6-7-11-4-2-3-5-12(11)8-10/h2-8H,9H2,1H3. The molecule has 3 heteroatoms. The lowest BCUT2D eigenvalue weighted by Gasteiger charge is -2.13. The minimum atomic E-state index is -0.0966. The molecule has 0 bridgehead atoms. The number of carbonyl (C=O) groups is 1. The van der Waals surface area contributed by atoms with E-state index >= 15 is 0 Å². The van der Waals surface area contributed by atoms with E-state index in [0.717, 1.165) is 5.56 Å². The number of hydrogen-bond acceptors (Lipinski definition) is 1. The smallest absolute Gasteiger partial charge is 0.289 e. The molecular formula is C13H12BrNO. The summed E-state index contributed by atoms with van der Waals surface area (Å²) in [5.74, 6) is 0. The summed E-state index contributed by atoms with van der Waals surface area (Å²) in [6.07, 6.45) is 0. The van der Waals surface area contributed by atoms with Crippen LogP contribution < -0.4 is 0 Å². The van der Waals surface area contributed by atoms with Gasteiger partial charge in [0.25, 0.3) is 4.82 Å². The van der Waals surface area contributed by atoms with Crippen molar-refractivity contribution in [1.82, 2.24) is 4.90 Å². The van der Waals surface area contributed by atoms with Crippen LogP contribution in [0.3, 0.4) is 0 Å². The number of carbonyl (C=O) groups excluding carboxylic acids is 1. The van der Waals surface area contributed by atoms with Crippen LogP contribution in [-0.2, 0) is 6.54 Å². The fraction of sp³-hybridized carbons (Fsp3) is 0.154. The summed E-state index contributed by atoms with van der Waals surface area (Å²) in [4.78, 5) is 12.6. The van der Waals surface area contributed by atoms with Crippen LogP contribution in [0.1, 0.15) is 5.56 Å². The Balaban J connectivity index is 2.29. The zero-order valence-electron chi connectivity index (χ0n) is 8.98. The summed E-state index contributed by atoms with van der Waals surface area (Å²) in [7, 11) is 1.77. The summed E-state index contributed by atoms with van der Waals surface area (Å²) in [6, 6.07) is 14.4. The molecule has 2 aromatic rings. The SMILES string of the molecule is CN(Cc1ccc2ccccc2c1)C(=O)Br. The maximum Gasteiger partial charge on any atom is 0.289 e. The first kappa shape index (κ1) is 11.1. The van der Waals surface area contributed by atoms with E-state index < -0.39 is 0 Å². The molecule has 0 atom stereocenters. The number of halogens is 1. The molecule has 16 heavy (non-hydrogen) atoms. The van der Waals surface area contributed by atoms with Crippen molar-refractivity contribution in [2.45, 2.75) is 6.54 Å². The van der Waals surface area contributed by atoms with Crippen LogP contribution in [-0.4, -0.2) is 16.8 Å². The Morgan fingerprint density at radius 2 is 1.88 bits per heavy atom. The molecule has 0 aromatic heterocycles. The van der Waals surface area contributed by atoms with Gasteiger partial charge in [-0.1, -0.05) is 36.4 Å². The lowest BCUT2D eigenvalue weighted by atomic mass is 10.1. The Labute approximate surface area is 103 Å². The summed E-state index contributed by atoms with van der Waals surface area (Å²) in [5.41, 5.74) is 1.13. The van der Waals surface area contributed by atoms with E-state index in [1.165, 1.54) is 10.8 Å². The van der Waals surface area contributed by atoms with E-state index in [0.29, 0.717) is 6.54 Å². The van der Waals surface area contributed by atoms with Crippen LogP contribution in [0.25, 0.3) is 10.8 Å². The second kappa shape index (κ2) is 4.66. The molecule has 82 valence electrons. The minimum absolute atomic E-state index is 0.0966. The molecule has 0 saturated heterocycles. The highest BCUT2D eigenvalue weighted by molar-refractivity contribution is 9.18. The number of rotatable bonds is 2. The van der Waals surface area contributed by atoms with Gasteiger partial charge >= 0.3 is 0 Å². The zero-order chi connectivity index (χ0) is 11.5. The first-order chi connectivity index (χ1) is 7.66. The lowest BCUT2D eigenvalue weighted by Crippen LogP contribution is -2.19. The molecule has 2 aromatic carbocycles. The molecule has 0 N–H and O–H groups in total. The van der Waals surface area contributed by atoms with E-state index in [-0.39, 0.29) is 4.82 Å². The fourth-order valence-corrected chi connectivity index (χ4v) is 1.80. The van der Waals surface area contributed by atoms with Crippen LogP contribution in [0.15, 0.2) is 42.5 Å². The largest absolute Gasteiger partial charge is 0.332 e. The number of hydrogen-bond donors (Lipinski definition) is 0. The molecular weight excluding hydrogens is 266 g/mol. The summed E-state index contributed by atoms with van der Waals surface area (Å²) in [6.45, 7) is 0.620. The second-order valence-electron chi connectivity index (χ2n) is 3.79. The van der Waals surface area contributed by atoms with Crippen molar-refractivity contribution in [3.63, 3.8) is 0 Å². The van der Waals surface area contributed by atoms with Crippen molar-refractivity contribution < 1.29 is 4.79 Å². The van der Waals surface area contributed by atoms with Crippen molar-refractivity contribution in [2.75, 3.05) is 7.05 Å². The molecule has 2 rings (SSSR count). The van der Waals surface area contributed by atoms with E-state index in [4.69, 9.17) is 0 Å². The van der Waals surface area contributed by atoms with Gasteiger partial charge in [0, 0.05) is 29.5 Å². The Morgan fingerprint density at radius 3 is 2.56 bits per heavy atom. The maximum atomic E-state index is 11.1. The van der Waals surface area contributed by atoms with Gasteiger partial charge in [-0.25, -0.2) is 0 Å². The topological polar surface area (TPSA) is 20.3 Å². The van der Waals surface area contributed by atoms with Gasteiger partial charge < -0.3 is 4.90 Å². The Hall–Kier alpha value is -1.35. The molecule has 0 unspecified atom stereocenters. The van der Waals surface area contributed by atoms with Crippen molar-refractivity contribution in [1.29, 1.82) is 0 Å². The molecule has 0 saturated carbocycles. The van der Waals surface area contributed by atoms with Crippen LogP contribution >= 0.6 is 15.9 Å². The van der Waals surface area contributed by atoms with Crippen molar-refractivity contribution in [3.8, 4) is 0 Å². The average molecular weight is 278 g/mol. The van der Waals surface area contributed by atoms with Gasteiger partial charge in [-0.05, 0) is 22.4 Å². The second-order valence-corrected chi connectivity index (χ2v) is 4.47. The van der Waals surface area contributed by atoms with Crippen molar-refractivity contribution >= 4 is 31.5 Å². The minimum Gasteiger partial charge on any atom is -0.332 e. The Kier molecular flexibility index (Phi) is 3.25. The quantitative estimate of drug-likeness (QED) is 0.604. The molecule has 0 heterocycles. The van der Waals surface area contributed by atoms with E-state index in [2.05, 4.69) is 46.3 Å². The number of fused-ring (bicyclic) bond motifs is 1. The van der Waals surface area contributed by atoms with Gasteiger partial charge in [0.15, 0.2) is 0 Å². The third-order valence-electron chi connectivity index (χ3n) is 2.53. The number of amides is 1. The van der Waals surface area contributed by atoms with E-state index in [9.17, 15) is 4.79 Å². The predicted molar refractivity (Wildman–Crippen MR) is 69.7 cm³/mol. The third-order valence-corrected chi connectivity index (χ3v) is 3.14. The first-order valence-corrected chi connectivity index (χ1v) is 5.84. The van der Waals surface area contributed by atoms with E-state index in [1.807, 2.05) is 12.1 Å². The summed E-state index contributed by atoms with van der Waals surface area (Å²) < 4.78 is 0. The van der Waals surface area contributed by atoms with Crippen molar-refractivity contribution in [3.05, 3.63) is 48.0 Å². The first-order valence-electron chi connectivity index (χ1n) is 5.05. The summed E-state index contributed by atoms with van der Waals surface area (Å²) >= 11 is 2.93. The molecule has 0 spiro atoms. The van der Waals surface area contributed by atoms with Crippen LogP contribution in [0.5, 0.6) is 0 Å². The van der Waals surface area contributed by atoms with Crippen LogP contribution in [0, 0.1) is 0 Å². The molecule has 1 amide bonds. The third kappa shape index (κ3) is 2.42. The highest BCUT2D eigenvalue weighted by Gasteiger charge is 2.04. The monoisotopic (exact) mass is 277 g/mol. The van der Waals surface area contributed by atoms with Gasteiger partial charge in [-0.15, -0.1) is 0 Å². The Morgan fingerprint density at radius 1 is 1.19 bits per heavy atom. The molecule has 0 aliphatic heterocycles. The normalized spacial score (nSPS) is 10.4. The van der Waals surface area contributed by atoms with Crippen LogP contribution in [0.4, 0.5) is 4.79 Å². The van der Waals surface area contributed by atoms with Crippen LogP contribution in [0.2, 0.25) is 0 Å². The van der Waals surface area contributed by atoms with Crippen molar-refractivity contribution in [2.24, 2.45) is 0 Å². The molecule has 2 nitrogen and oxygen atoms in total. The Bertz CT molecular complexity index is 524. The molecule has 0 radical (unpaired) electrons. The number of benzene rings is 2. The maximum absolute atomic E-state index is 11.1. The lowest BCUT2D eigenvalue weighted by molar-refractivity contribution is 0.233. The summed E-state index contributed by atoms with van der Waals surface area (Å²) in [5, 5.41) is 2.43. The molecule has 0 aliphatic rings. The zero-order valence-corrected chi connectivity index (χ0v) is 10.6. The highest BCUT2D eigenvalue weighted by Crippen LogP contribution is 2.16. The average Bonchev–Trinajstić information content (AvgIpc) is 2.28. The van der Waals surface area contributed by atoms with Gasteiger partial charge in [0.05, 0.1) is 0 Å². The number of nitrogens with zero attached hydrogens (tertiary/aromatic N) is 1. The molecule has 0 aliphatic carbocycles. The van der Waals surface area contributed by atoms with Gasteiger partial charge in [-0.3, -0.25) is 4.79 Å². The molecule has 0 fully saturated rings.